The second-order valence-electron chi connectivity index (χ2n) is 9.45. The number of H-pyrrole nitrogens is 1. The predicted octanol–water partition coefficient (Wildman–Crippen LogP) is 3.40. The van der Waals surface area contributed by atoms with Gasteiger partial charge in [-0.2, -0.15) is 0 Å². The van der Waals surface area contributed by atoms with E-state index in [1.54, 1.807) is 7.11 Å². The Morgan fingerprint density at radius 1 is 1.00 bits per heavy atom. The van der Waals surface area contributed by atoms with Gasteiger partial charge in [0.1, 0.15) is 18.1 Å². The van der Waals surface area contributed by atoms with Crippen LogP contribution in [0.15, 0.2) is 42.6 Å². The van der Waals surface area contributed by atoms with Crippen LogP contribution in [0.2, 0.25) is 0 Å². The molecule has 1 fully saturated rings. The summed E-state index contributed by atoms with van der Waals surface area (Å²) >= 11 is 0. The number of aromatic amines is 1. The highest BCUT2D eigenvalue weighted by Gasteiger charge is 2.25. The summed E-state index contributed by atoms with van der Waals surface area (Å²) in [5.41, 5.74) is 2.51. The number of hydrogen-bond acceptors (Lipinski definition) is 8. The second-order valence-corrected chi connectivity index (χ2v) is 9.45. The first-order valence-corrected chi connectivity index (χ1v) is 13.2. The number of carbonyl (C=O) groups is 1. The van der Waals surface area contributed by atoms with Gasteiger partial charge in [-0.05, 0) is 50.2 Å². The maximum absolute atomic E-state index is 13.2. The molecule has 2 aromatic heterocycles. The number of amides is 1. The van der Waals surface area contributed by atoms with Crippen LogP contribution < -0.4 is 15.0 Å². The van der Waals surface area contributed by atoms with Gasteiger partial charge in [-0.15, -0.1) is 0 Å². The maximum Gasteiger partial charge on any atom is 0.270 e. The van der Waals surface area contributed by atoms with E-state index in [4.69, 9.17) is 18.9 Å². The Hall–Kier alpha value is -3.34. The normalized spacial score (nSPS) is 13.9. The van der Waals surface area contributed by atoms with Crippen molar-refractivity contribution in [3.63, 3.8) is 0 Å². The first kappa shape index (κ1) is 27.7. The van der Waals surface area contributed by atoms with E-state index in [9.17, 15) is 4.79 Å². The standard InChI is InChI=1S/C28H39N5O5/c1-21(2)30-25-5-4-8-29-27(25)32-9-11-33(12-10-32)28(34)26-20-22-19-23(6-7-24(22)31-26)38-18-17-37-16-15-36-14-13-35-3/h4-8,19-21,30-31H,9-18H2,1-3H3. The van der Waals surface area contributed by atoms with Gasteiger partial charge >= 0.3 is 0 Å². The van der Waals surface area contributed by atoms with E-state index in [2.05, 4.69) is 40.1 Å². The van der Waals surface area contributed by atoms with Crippen molar-refractivity contribution in [3.05, 3.63) is 48.3 Å². The summed E-state index contributed by atoms with van der Waals surface area (Å²) in [6.45, 7) is 10.1. The van der Waals surface area contributed by atoms with Crippen LogP contribution in [0, 0.1) is 0 Å². The summed E-state index contributed by atoms with van der Waals surface area (Å²) in [5, 5.41) is 4.40. The molecule has 1 amide bonds. The number of ether oxygens (including phenoxy) is 4. The van der Waals surface area contributed by atoms with Gasteiger partial charge in [-0.1, -0.05) is 0 Å². The molecule has 10 heteroatoms. The summed E-state index contributed by atoms with van der Waals surface area (Å²) < 4.78 is 21.6. The molecular weight excluding hydrogens is 486 g/mol. The highest BCUT2D eigenvalue weighted by Crippen LogP contribution is 2.26. The fraction of sp³-hybridized carbons (Fsp3) is 0.500. The number of piperazine rings is 1. The minimum absolute atomic E-state index is 0.00554. The molecule has 0 radical (unpaired) electrons. The molecule has 0 aliphatic carbocycles. The predicted molar refractivity (Wildman–Crippen MR) is 148 cm³/mol. The van der Waals surface area contributed by atoms with Crippen LogP contribution in [0.5, 0.6) is 5.75 Å². The van der Waals surface area contributed by atoms with Crippen molar-refractivity contribution in [2.24, 2.45) is 0 Å². The number of benzene rings is 1. The van der Waals surface area contributed by atoms with Crippen LogP contribution in [0.25, 0.3) is 10.9 Å². The summed E-state index contributed by atoms with van der Waals surface area (Å²) in [6, 6.07) is 12.0. The number of fused-ring (bicyclic) bond motifs is 1. The molecule has 206 valence electrons. The number of carbonyl (C=O) groups excluding carboxylic acids is 1. The molecule has 0 spiro atoms. The number of hydrogen-bond donors (Lipinski definition) is 2. The number of pyridine rings is 1. The van der Waals surface area contributed by atoms with Crippen LogP contribution in [0.3, 0.4) is 0 Å². The molecule has 1 aromatic carbocycles. The van der Waals surface area contributed by atoms with Crippen molar-refractivity contribution in [2.45, 2.75) is 19.9 Å². The number of methoxy groups -OCH3 is 1. The average Bonchev–Trinajstić information content (AvgIpc) is 3.35. The molecule has 0 saturated carbocycles. The Labute approximate surface area is 224 Å². The summed E-state index contributed by atoms with van der Waals surface area (Å²) in [4.78, 5) is 25.2. The molecule has 2 N–H and O–H groups in total. The lowest BCUT2D eigenvalue weighted by Gasteiger charge is -2.36. The molecule has 0 atom stereocenters. The second kappa shape index (κ2) is 14.0. The van der Waals surface area contributed by atoms with E-state index in [0.29, 0.717) is 64.5 Å². The zero-order valence-corrected chi connectivity index (χ0v) is 22.6. The molecule has 0 bridgehead atoms. The van der Waals surface area contributed by atoms with Gasteiger partial charge in [0.05, 0.1) is 38.7 Å². The van der Waals surface area contributed by atoms with Crippen LogP contribution in [0.1, 0.15) is 24.3 Å². The van der Waals surface area contributed by atoms with Gasteiger partial charge < -0.3 is 39.0 Å². The van der Waals surface area contributed by atoms with Gasteiger partial charge in [0.15, 0.2) is 5.82 Å². The lowest BCUT2D eigenvalue weighted by atomic mass is 10.2. The molecule has 38 heavy (non-hydrogen) atoms. The average molecular weight is 526 g/mol. The third kappa shape index (κ3) is 7.59. The lowest BCUT2D eigenvalue weighted by molar-refractivity contribution is 0.0180. The number of anilines is 2. The molecule has 3 aromatic rings. The highest BCUT2D eigenvalue weighted by atomic mass is 16.6. The summed E-state index contributed by atoms with van der Waals surface area (Å²) in [5.74, 6) is 1.68. The van der Waals surface area contributed by atoms with Crippen LogP contribution in [-0.2, 0) is 14.2 Å². The van der Waals surface area contributed by atoms with E-state index < -0.39 is 0 Å². The minimum Gasteiger partial charge on any atom is -0.491 e. The van der Waals surface area contributed by atoms with Crippen LogP contribution in [-0.4, -0.2) is 99.7 Å². The molecule has 1 aliphatic heterocycles. The largest absolute Gasteiger partial charge is 0.491 e. The fourth-order valence-electron chi connectivity index (χ4n) is 4.36. The van der Waals surface area contributed by atoms with Gasteiger partial charge in [0.2, 0.25) is 0 Å². The maximum atomic E-state index is 13.2. The Kier molecular flexibility index (Phi) is 10.2. The van der Waals surface area contributed by atoms with Crippen molar-refractivity contribution in [1.29, 1.82) is 0 Å². The fourth-order valence-corrected chi connectivity index (χ4v) is 4.36. The van der Waals surface area contributed by atoms with E-state index in [1.165, 1.54) is 0 Å². The number of nitrogens with zero attached hydrogens (tertiary/aromatic N) is 3. The Morgan fingerprint density at radius 2 is 1.74 bits per heavy atom. The van der Waals surface area contributed by atoms with Gasteiger partial charge in [-0.3, -0.25) is 4.79 Å². The monoisotopic (exact) mass is 525 g/mol. The smallest absolute Gasteiger partial charge is 0.270 e. The molecule has 3 heterocycles. The zero-order chi connectivity index (χ0) is 26.7. The Morgan fingerprint density at radius 3 is 2.47 bits per heavy atom. The van der Waals surface area contributed by atoms with Crippen molar-refractivity contribution >= 4 is 28.3 Å². The first-order chi connectivity index (χ1) is 18.5. The highest BCUT2D eigenvalue weighted by molar-refractivity contribution is 5.98. The number of aromatic nitrogens is 2. The van der Waals surface area contributed by atoms with Crippen molar-refractivity contribution in [3.8, 4) is 5.75 Å². The SMILES string of the molecule is COCCOCCOCCOc1ccc2[nH]c(C(=O)N3CCN(c4ncccc4NC(C)C)CC3)cc2c1. The van der Waals surface area contributed by atoms with Crippen molar-refractivity contribution in [2.75, 3.05) is 83.1 Å². The molecule has 4 rings (SSSR count). The third-order valence-electron chi connectivity index (χ3n) is 6.22. The summed E-state index contributed by atoms with van der Waals surface area (Å²) in [6.07, 6.45) is 1.81. The number of rotatable bonds is 14. The van der Waals surface area contributed by atoms with Crippen LogP contribution in [0.4, 0.5) is 11.5 Å². The zero-order valence-electron chi connectivity index (χ0n) is 22.6. The molecule has 1 aliphatic rings. The van der Waals surface area contributed by atoms with E-state index >= 15 is 0 Å². The topological polar surface area (TPSA) is 101 Å². The summed E-state index contributed by atoms with van der Waals surface area (Å²) in [7, 11) is 1.65. The van der Waals surface area contributed by atoms with E-state index in [1.807, 2.05) is 41.4 Å². The van der Waals surface area contributed by atoms with E-state index in [-0.39, 0.29) is 5.91 Å². The Balaban J connectivity index is 1.26. The molecule has 0 unspecified atom stereocenters. The molecular formula is C28H39N5O5. The quantitative estimate of drug-likeness (QED) is 0.309. The molecule has 1 saturated heterocycles. The van der Waals surface area contributed by atoms with Gasteiger partial charge in [-0.25, -0.2) is 4.98 Å². The van der Waals surface area contributed by atoms with Crippen molar-refractivity contribution in [1.82, 2.24) is 14.9 Å². The Bertz CT molecular complexity index is 1160. The minimum atomic E-state index is 0.00554. The van der Waals surface area contributed by atoms with E-state index in [0.717, 1.165) is 41.2 Å². The lowest BCUT2D eigenvalue weighted by Crippen LogP contribution is -2.49. The number of nitrogens with one attached hydrogen (secondary N) is 2. The van der Waals surface area contributed by atoms with Gasteiger partial charge in [0.25, 0.3) is 5.91 Å². The molecule has 10 nitrogen and oxygen atoms in total. The van der Waals surface area contributed by atoms with Crippen molar-refractivity contribution < 1.29 is 23.7 Å². The van der Waals surface area contributed by atoms with Crippen LogP contribution >= 0.6 is 0 Å². The first-order valence-electron chi connectivity index (χ1n) is 13.2. The third-order valence-corrected chi connectivity index (χ3v) is 6.22. The van der Waals surface area contributed by atoms with Gasteiger partial charge in [0, 0.05) is 56.4 Å².